The van der Waals surface area contributed by atoms with Crippen molar-refractivity contribution < 1.29 is 9.53 Å². The maximum absolute atomic E-state index is 12.4. The molecule has 7 nitrogen and oxygen atoms in total. The summed E-state index contributed by atoms with van der Waals surface area (Å²) in [5.74, 6) is 0.411. The molecule has 0 atom stereocenters. The molecule has 4 rings (SSSR count). The molecule has 8 heteroatoms. The van der Waals surface area contributed by atoms with Gasteiger partial charge in [0.05, 0.1) is 23.7 Å². The number of nitrogens with zero attached hydrogens (tertiary/aromatic N) is 4. The average Bonchev–Trinajstić information content (AvgIpc) is 3.17. The zero-order chi connectivity index (χ0) is 16.7. The third kappa shape index (κ3) is 2.37. The van der Waals surface area contributed by atoms with E-state index < -0.39 is 0 Å². The molecule has 1 aromatic carbocycles. The van der Waals surface area contributed by atoms with Crippen LogP contribution in [0.1, 0.15) is 10.4 Å². The normalized spacial score (nSPS) is 11.1. The lowest BCUT2D eigenvalue weighted by molar-refractivity contribution is 0.102. The van der Waals surface area contributed by atoms with Gasteiger partial charge < -0.3 is 9.30 Å². The van der Waals surface area contributed by atoms with E-state index in [1.54, 1.807) is 24.1 Å². The highest BCUT2D eigenvalue weighted by Gasteiger charge is 2.14. The van der Waals surface area contributed by atoms with Gasteiger partial charge in [-0.3, -0.25) is 10.1 Å². The van der Waals surface area contributed by atoms with Crippen LogP contribution in [-0.2, 0) is 7.05 Å². The van der Waals surface area contributed by atoms with E-state index >= 15 is 0 Å². The zero-order valence-electron chi connectivity index (χ0n) is 13.0. The smallest absolute Gasteiger partial charge is 0.259 e. The summed E-state index contributed by atoms with van der Waals surface area (Å²) in [6.45, 7) is 0. The van der Waals surface area contributed by atoms with Crippen molar-refractivity contribution in [3.8, 4) is 5.75 Å². The van der Waals surface area contributed by atoms with Gasteiger partial charge in [-0.1, -0.05) is 17.4 Å². The predicted molar refractivity (Wildman–Crippen MR) is 92.6 cm³/mol. The van der Waals surface area contributed by atoms with Crippen LogP contribution in [0.2, 0.25) is 0 Å². The van der Waals surface area contributed by atoms with Gasteiger partial charge in [0.25, 0.3) is 5.91 Å². The first-order valence-electron chi connectivity index (χ1n) is 7.17. The van der Waals surface area contributed by atoms with Crippen LogP contribution in [0, 0.1) is 0 Å². The molecule has 0 bridgehead atoms. The molecule has 0 aliphatic heterocycles. The summed E-state index contributed by atoms with van der Waals surface area (Å²) in [5.41, 5.74) is 2.58. The van der Waals surface area contributed by atoms with Crippen LogP contribution in [0.25, 0.3) is 21.4 Å². The van der Waals surface area contributed by atoms with E-state index in [0.717, 1.165) is 15.9 Å². The average molecular weight is 339 g/mol. The van der Waals surface area contributed by atoms with E-state index in [1.165, 1.54) is 17.5 Å². The summed E-state index contributed by atoms with van der Waals surface area (Å²) in [4.78, 5) is 25.4. The lowest BCUT2D eigenvalue weighted by Gasteiger charge is -2.01. The van der Waals surface area contributed by atoms with Crippen LogP contribution < -0.4 is 10.1 Å². The third-order valence-corrected chi connectivity index (χ3v) is 4.57. The number of ether oxygens (including phenoxy) is 1. The molecule has 0 saturated heterocycles. The summed E-state index contributed by atoms with van der Waals surface area (Å²) in [6.07, 6.45) is 3.20. The number of fused-ring (bicyclic) bond motifs is 2. The van der Waals surface area contributed by atoms with Crippen molar-refractivity contribution >= 4 is 43.8 Å². The SMILES string of the molecule is COc1cccc2sc(NC(=O)c3cnc4c(c3)ncn4C)nc12. The number of benzene rings is 1. The first-order chi connectivity index (χ1) is 11.7. The Morgan fingerprint density at radius 3 is 3.04 bits per heavy atom. The number of carbonyl (C=O) groups is 1. The Kier molecular flexibility index (Phi) is 3.39. The molecule has 0 aliphatic rings. The van der Waals surface area contributed by atoms with Crippen molar-refractivity contribution in [3.05, 3.63) is 42.4 Å². The fourth-order valence-electron chi connectivity index (χ4n) is 2.45. The minimum Gasteiger partial charge on any atom is -0.494 e. The molecule has 0 unspecified atom stereocenters. The summed E-state index contributed by atoms with van der Waals surface area (Å²) in [7, 11) is 3.46. The molecule has 0 saturated carbocycles. The van der Waals surface area contributed by atoms with Crippen molar-refractivity contribution in [3.63, 3.8) is 0 Å². The van der Waals surface area contributed by atoms with E-state index in [1.807, 2.05) is 25.2 Å². The molecule has 1 amide bonds. The van der Waals surface area contributed by atoms with Gasteiger partial charge in [0.2, 0.25) is 0 Å². The predicted octanol–water partition coefficient (Wildman–Crippen LogP) is 2.84. The number of nitrogens with one attached hydrogen (secondary N) is 1. The Morgan fingerprint density at radius 1 is 1.33 bits per heavy atom. The van der Waals surface area contributed by atoms with Crippen LogP contribution in [0.3, 0.4) is 0 Å². The first-order valence-corrected chi connectivity index (χ1v) is 7.99. The Hall–Kier alpha value is -3.00. The van der Waals surface area contributed by atoms with Crippen LogP contribution in [0.5, 0.6) is 5.75 Å². The minimum atomic E-state index is -0.270. The van der Waals surface area contributed by atoms with Crippen molar-refractivity contribution in [2.45, 2.75) is 0 Å². The largest absolute Gasteiger partial charge is 0.494 e. The second-order valence-electron chi connectivity index (χ2n) is 5.20. The molecule has 0 spiro atoms. The zero-order valence-corrected chi connectivity index (χ0v) is 13.8. The Bertz CT molecular complexity index is 1070. The fraction of sp³-hybridized carbons (Fsp3) is 0.125. The van der Waals surface area contributed by atoms with Crippen molar-refractivity contribution in [2.24, 2.45) is 7.05 Å². The highest BCUT2D eigenvalue weighted by molar-refractivity contribution is 7.22. The number of hydrogen-bond acceptors (Lipinski definition) is 6. The number of rotatable bonds is 3. The summed E-state index contributed by atoms with van der Waals surface area (Å²) in [5, 5.41) is 3.32. The molecule has 3 heterocycles. The topological polar surface area (TPSA) is 81.9 Å². The molecule has 1 N–H and O–H groups in total. The van der Waals surface area contributed by atoms with Gasteiger partial charge in [-0.15, -0.1) is 0 Å². The third-order valence-electron chi connectivity index (χ3n) is 3.64. The summed E-state index contributed by atoms with van der Waals surface area (Å²) >= 11 is 1.39. The quantitative estimate of drug-likeness (QED) is 0.621. The van der Waals surface area contributed by atoms with Gasteiger partial charge in [0.15, 0.2) is 10.8 Å². The number of pyridine rings is 1. The van der Waals surface area contributed by atoms with E-state index in [9.17, 15) is 4.79 Å². The van der Waals surface area contributed by atoms with Crippen molar-refractivity contribution in [1.29, 1.82) is 0 Å². The number of aromatic nitrogens is 4. The molecular weight excluding hydrogens is 326 g/mol. The lowest BCUT2D eigenvalue weighted by Crippen LogP contribution is -2.12. The molecule has 120 valence electrons. The van der Waals surface area contributed by atoms with E-state index in [4.69, 9.17) is 4.74 Å². The molecule has 4 aromatic rings. The summed E-state index contributed by atoms with van der Waals surface area (Å²) < 4.78 is 8.04. The van der Waals surface area contributed by atoms with Crippen LogP contribution in [0.4, 0.5) is 5.13 Å². The number of imidazole rings is 1. The van der Waals surface area contributed by atoms with Crippen LogP contribution in [0.15, 0.2) is 36.8 Å². The Morgan fingerprint density at radius 2 is 2.21 bits per heavy atom. The Labute approximate surface area is 140 Å². The number of aryl methyl sites for hydroxylation is 1. The highest BCUT2D eigenvalue weighted by Crippen LogP contribution is 2.32. The number of thiazole rings is 1. The second-order valence-corrected chi connectivity index (χ2v) is 6.23. The van der Waals surface area contributed by atoms with Gasteiger partial charge in [-0.2, -0.15) is 0 Å². The van der Waals surface area contributed by atoms with Gasteiger partial charge in [0.1, 0.15) is 16.8 Å². The maximum atomic E-state index is 12.4. The standard InChI is InChI=1S/C16H13N5O2S/c1-21-8-18-10-6-9(7-17-14(10)21)15(22)20-16-19-13-11(23-2)4-3-5-12(13)24-16/h3-8H,1-2H3,(H,19,20,22). The van der Waals surface area contributed by atoms with Gasteiger partial charge in [0, 0.05) is 13.2 Å². The number of anilines is 1. The number of amides is 1. The molecule has 0 radical (unpaired) electrons. The molecule has 0 aliphatic carbocycles. The van der Waals surface area contributed by atoms with Crippen molar-refractivity contribution in [2.75, 3.05) is 12.4 Å². The number of carbonyl (C=O) groups excluding carboxylic acids is 1. The fourth-order valence-corrected chi connectivity index (χ4v) is 3.33. The molecular formula is C16H13N5O2S. The Balaban J connectivity index is 1.65. The molecule has 0 fully saturated rings. The van der Waals surface area contributed by atoms with E-state index in [0.29, 0.717) is 22.0 Å². The molecule has 3 aromatic heterocycles. The monoisotopic (exact) mass is 339 g/mol. The minimum absolute atomic E-state index is 0.270. The van der Waals surface area contributed by atoms with E-state index in [2.05, 4.69) is 20.3 Å². The van der Waals surface area contributed by atoms with Crippen LogP contribution in [-0.4, -0.2) is 32.5 Å². The number of methoxy groups -OCH3 is 1. The highest BCUT2D eigenvalue weighted by atomic mass is 32.1. The van der Waals surface area contributed by atoms with Crippen LogP contribution >= 0.6 is 11.3 Å². The second kappa shape index (κ2) is 5.57. The maximum Gasteiger partial charge on any atom is 0.259 e. The number of para-hydroxylation sites is 1. The van der Waals surface area contributed by atoms with E-state index in [-0.39, 0.29) is 5.91 Å². The lowest BCUT2D eigenvalue weighted by atomic mass is 10.2. The van der Waals surface area contributed by atoms with Gasteiger partial charge in [-0.05, 0) is 18.2 Å². The van der Waals surface area contributed by atoms with Gasteiger partial charge >= 0.3 is 0 Å². The van der Waals surface area contributed by atoms with Gasteiger partial charge in [-0.25, -0.2) is 15.0 Å². The number of hydrogen-bond donors (Lipinski definition) is 1. The first kappa shape index (κ1) is 14.6. The summed E-state index contributed by atoms with van der Waals surface area (Å²) in [6, 6.07) is 7.38. The molecule has 24 heavy (non-hydrogen) atoms. The van der Waals surface area contributed by atoms with Crippen molar-refractivity contribution in [1.82, 2.24) is 19.5 Å².